The maximum atomic E-state index is 6.20. The van der Waals surface area contributed by atoms with Crippen LogP contribution in [-0.4, -0.2) is 19.7 Å². The Morgan fingerprint density at radius 3 is 2.24 bits per heavy atom. The molecule has 1 saturated heterocycles. The molecule has 1 unspecified atom stereocenters. The zero-order valence-corrected chi connectivity index (χ0v) is 11.7. The topological polar surface area (TPSA) is 36.9 Å². The second-order valence-electron chi connectivity index (χ2n) is 5.36. The second kappa shape index (κ2) is 4.93. The predicted octanol–water partition coefficient (Wildman–Crippen LogP) is 3.21. The van der Waals surface area contributed by atoms with Gasteiger partial charge < -0.3 is 9.47 Å². The zero-order chi connectivity index (χ0) is 14.3. The summed E-state index contributed by atoms with van der Waals surface area (Å²) in [5, 5.41) is 0. The Morgan fingerprint density at radius 1 is 1.05 bits per heavy atom. The molecule has 2 aromatic carbocycles. The minimum absolute atomic E-state index is 0.151. The first-order chi connectivity index (χ1) is 10.3. The van der Waals surface area contributed by atoms with E-state index in [1.807, 2.05) is 12.1 Å². The number of benzene rings is 2. The first kappa shape index (κ1) is 13.0. The third kappa shape index (κ3) is 2.00. The van der Waals surface area contributed by atoms with E-state index in [0.717, 1.165) is 0 Å². The van der Waals surface area contributed by atoms with Crippen molar-refractivity contribution in [2.45, 2.75) is 18.8 Å². The van der Waals surface area contributed by atoms with Crippen molar-refractivity contribution in [3.05, 3.63) is 59.7 Å². The van der Waals surface area contributed by atoms with E-state index in [1.165, 1.54) is 22.3 Å². The Balaban J connectivity index is 1.72. The van der Waals surface area contributed by atoms with Crippen molar-refractivity contribution < 1.29 is 19.2 Å². The van der Waals surface area contributed by atoms with Crippen molar-refractivity contribution in [2.75, 3.05) is 13.4 Å². The number of fused-ring (bicyclic) bond motifs is 3. The molecule has 2 aromatic rings. The lowest BCUT2D eigenvalue weighted by atomic mass is 9.93. The molecular weight excluding hydrogens is 268 g/mol. The van der Waals surface area contributed by atoms with E-state index in [4.69, 9.17) is 19.2 Å². The molecule has 1 fully saturated rings. The van der Waals surface area contributed by atoms with Crippen LogP contribution in [0.1, 0.15) is 18.1 Å². The summed E-state index contributed by atoms with van der Waals surface area (Å²) in [6, 6.07) is 16.7. The van der Waals surface area contributed by atoms with Gasteiger partial charge in [-0.3, -0.25) is 0 Å². The Labute approximate surface area is 123 Å². The van der Waals surface area contributed by atoms with Gasteiger partial charge in [-0.1, -0.05) is 48.5 Å². The van der Waals surface area contributed by atoms with Crippen molar-refractivity contribution in [3.8, 4) is 11.1 Å². The summed E-state index contributed by atoms with van der Waals surface area (Å²) < 4.78 is 11.5. The van der Waals surface area contributed by atoms with Crippen LogP contribution in [0.15, 0.2) is 48.5 Å². The lowest BCUT2D eigenvalue weighted by molar-refractivity contribution is -0.288. The van der Waals surface area contributed by atoms with Crippen LogP contribution in [0.2, 0.25) is 0 Å². The molecule has 1 aliphatic heterocycles. The fourth-order valence-corrected chi connectivity index (χ4v) is 3.11. The smallest absolute Gasteiger partial charge is 0.217 e. The molecule has 4 heteroatoms. The lowest BCUT2D eigenvalue weighted by Crippen LogP contribution is -2.29. The maximum absolute atomic E-state index is 6.20. The minimum Gasteiger partial charge on any atom is -0.360 e. The maximum Gasteiger partial charge on any atom is 0.217 e. The van der Waals surface area contributed by atoms with Crippen LogP contribution in [-0.2, 0) is 24.8 Å². The Morgan fingerprint density at radius 2 is 1.67 bits per heavy atom. The summed E-state index contributed by atoms with van der Waals surface area (Å²) in [5.74, 6) is 0. The van der Waals surface area contributed by atoms with Gasteiger partial charge in [-0.05, 0) is 29.2 Å². The third-order valence-electron chi connectivity index (χ3n) is 4.16. The third-order valence-corrected chi connectivity index (χ3v) is 4.16. The number of rotatable bonds is 3. The lowest BCUT2D eigenvalue weighted by Gasteiger charge is -2.28. The molecule has 0 saturated carbocycles. The molecule has 0 aromatic heterocycles. The second-order valence-corrected chi connectivity index (χ2v) is 5.36. The molecule has 0 amide bonds. The van der Waals surface area contributed by atoms with Gasteiger partial charge in [0.25, 0.3) is 0 Å². The van der Waals surface area contributed by atoms with Crippen LogP contribution >= 0.6 is 0 Å². The molecule has 0 spiro atoms. The van der Waals surface area contributed by atoms with Crippen molar-refractivity contribution in [3.63, 3.8) is 0 Å². The Kier molecular flexibility index (Phi) is 3.05. The van der Waals surface area contributed by atoms with E-state index in [0.29, 0.717) is 6.61 Å². The van der Waals surface area contributed by atoms with Gasteiger partial charge in [0.15, 0.2) is 6.79 Å². The SMILES string of the molecule is CC1(OCC2OCOO2)c2ccccc2-c2ccccc21. The van der Waals surface area contributed by atoms with Gasteiger partial charge >= 0.3 is 0 Å². The van der Waals surface area contributed by atoms with Gasteiger partial charge in [0.2, 0.25) is 6.29 Å². The fourth-order valence-electron chi connectivity index (χ4n) is 3.11. The number of ether oxygens (including phenoxy) is 2. The van der Waals surface area contributed by atoms with Crippen LogP contribution in [0, 0.1) is 0 Å². The fraction of sp³-hybridized carbons (Fsp3) is 0.294. The molecule has 1 aliphatic carbocycles. The number of hydrogen-bond donors (Lipinski definition) is 0. The van der Waals surface area contributed by atoms with Gasteiger partial charge in [0.1, 0.15) is 12.2 Å². The normalized spacial score (nSPS) is 22.0. The summed E-state index contributed by atoms with van der Waals surface area (Å²) in [6.07, 6.45) is -0.471. The molecule has 2 aliphatic rings. The Bertz CT molecular complexity index is 616. The average molecular weight is 284 g/mol. The predicted molar refractivity (Wildman–Crippen MR) is 76.2 cm³/mol. The molecule has 4 nitrogen and oxygen atoms in total. The van der Waals surface area contributed by atoms with Gasteiger partial charge in [-0.2, -0.15) is 4.89 Å². The first-order valence-corrected chi connectivity index (χ1v) is 7.02. The largest absolute Gasteiger partial charge is 0.360 e. The molecule has 4 rings (SSSR count). The van der Waals surface area contributed by atoms with E-state index in [9.17, 15) is 0 Å². The summed E-state index contributed by atoms with van der Waals surface area (Å²) in [5.41, 5.74) is 4.29. The highest BCUT2D eigenvalue weighted by Gasteiger charge is 2.40. The molecule has 21 heavy (non-hydrogen) atoms. The Hall–Kier alpha value is -1.72. The highest BCUT2D eigenvalue weighted by atomic mass is 17.3. The van der Waals surface area contributed by atoms with Gasteiger partial charge in [0.05, 0.1) is 0 Å². The van der Waals surface area contributed by atoms with Gasteiger partial charge in [-0.25, -0.2) is 4.89 Å². The molecule has 1 heterocycles. The molecule has 108 valence electrons. The van der Waals surface area contributed by atoms with E-state index < -0.39 is 11.9 Å². The zero-order valence-electron chi connectivity index (χ0n) is 11.7. The summed E-state index contributed by atoms with van der Waals surface area (Å²) in [4.78, 5) is 9.73. The minimum atomic E-state index is -0.498. The first-order valence-electron chi connectivity index (χ1n) is 7.02. The standard InChI is InChI=1S/C17H16O4/c1-17(19-10-16-18-11-20-21-16)14-8-4-2-6-12(14)13-7-3-5-9-15(13)17/h2-9,16H,10-11H2,1H3. The van der Waals surface area contributed by atoms with Crippen LogP contribution in [0.5, 0.6) is 0 Å². The van der Waals surface area contributed by atoms with Gasteiger partial charge in [0, 0.05) is 0 Å². The molecule has 1 atom stereocenters. The molecular formula is C17H16O4. The van der Waals surface area contributed by atoms with E-state index in [2.05, 4.69) is 43.3 Å². The molecule has 0 N–H and O–H groups in total. The van der Waals surface area contributed by atoms with Crippen molar-refractivity contribution in [1.82, 2.24) is 0 Å². The quantitative estimate of drug-likeness (QED) is 0.811. The average Bonchev–Trinajstić information content (AvgIpc) is 3.13. The summed E-state index contributed by atoms with van der Waals surface area (Å²) in [6.45, 7) is 2.56. The van der Waals surface area contributed by atoms with Crippen LogP contribution in [0.3, 0.4) is 0 Å². The van der Waals surface area contributed by atoms with Crippen molar-refractivity contribution >= 4 is 0 Å². The molecule has 0 radical (unpaired) electrons. The van der Waals surface area contributed by atoms with Crippen LogP contribution in [0.25, 0.3) is 11.1 Å². The number of hydrogen-bond acceptors (Lipinski definition) is 4. The van der Waals surface area contributed by atoms with E-state index >= 15 is 0 Å². The highest BCUT2D eigenvalue weighted by molar-refractivity contribution is 5.79. The highest BCUT2D eigenvalue weighted by Crippen LogP contribution is 2.49. The van der Waals surface area contributed by atoms with Gasteiger partial charge in [-0.15, -0.1) is 0 Å². The van der Waals surface area contributed by atoms with Crippen LogP contribution < -0.4 is 0 Å². The van der Waals surface area contributed by atoms with Crippen molar-refractivity contribution in [1.29, 1.82) is 0 Å². The summed E-state index contributed by atoms with van der Waals surface area (Å²) >= 11 is 0. The van der Waals surface area contributed by atoms with Crippen molar-refractivity contribution in [2.24, 2.45) is 0 Å². The van der Waals surface area contributed by atoms with E-state index in [1.54, 1.807) is 0 Å². The van der Waals surface area contributed by atoms with Crippen LogP contribution in [0.4, 0.5) is 0 Å². The van der Waals surface area contributed by atoms with E-state index in [-0.39, 0.29) is 6.79 Å². The monoisotopic (exact) mass is 284 g/mol. The molecule has 0 bridgehead atoms. The summed E-state index contributed by atoms with van der Waals surface area (Å²) in [7, 11) is 0.